The predicted molar refractivity (Wildman–Crippen MR) is 102 cm³/mol. The number of hydrogen-bond acceptors (Lipinski definition) is 7. The fourth-order valence-corrected chi connectivity index (χ4v) is 2.49. The minimum absolute atomic E-state index is 0.296. The Kier molecular flexibility index (Phi) is 11.7. The Balaban J connectivity index is 4.84. The molecule has 0 spiro atoms. The van der Waals surface area contributed by atoms with Gasteiger partial charge in [0, 0.05) is 0 Å². The summed E-state index contributed by atoms with van der Waals surface area (Å²) in [6.07, 6.45) is 1.06. The Hall–Kier alpha value is -1.85. The molecule has 0 heterocycles. The quantitative estimate of drug-likeness (QED) is 0.222. The van der Waals surface area contributed by atoms with Crippen molar-refractivity contribution in [3.63, 3.8) is 0 Å². The van der Waals surface area contributed by atoms with Crippen molar-refractivity contribution in [1.29, 1.82) is 0 Å². The predicted octanol–water partition coefficient (Wildman–Crippen LogP) is -1.73. The first-order valence-electron chi connectivity index (χ1n) is 8.54. The zero-order chi connectivity index (χ0) is 21.1. The number of amides is 3. The van der Waals surface area contributed by atoms with Gasteiger partial charge in [0.1, 0.15) is 18.1 Å². The molecule has 27 heavy (non-hydrogen) atoms. The van der Waals surface area contributed by atoms with Crippen LogP contribution in [0.4, 0.5) is 0 Å². The molecule has 0 saturated carbocycles. The average Bonchev–Trinajstić information content (AvgIpc) is 2.59. The highest BCUT2D eigenvalue weighted by Crippen LogP contribution is 2.05. The van der Waals surface area contributed by atoms with Gasteiger partial charge in [-0.1, -0.05) is 13.8 Å². The summed E-state index contributed by atoms with van der Waals surface area (Å²) >= 11 is 1.47. The molecule has 0 aliphatic rings. The monoisotopic (exact) mass is 406 g/mol. The number of aliphatic carboxylic acids is 1. The lowest BCUT2D eigenvalue weighted by molar-refractivity contribution is -0.143. The van der Waals surface area contributed by atoms with Crippen molar-refractivity contribution in [1.82, 2.24) is 16.0 Å². The van der Waals surface area contributed by atoms with Crippen LogP contribution in [0, 0.1) is 5.92 Å². The lowest BCUT2D eigenvalue weighted by Gasteiger charge is -2.23. The van der Waals surface area contributed by atoms with Crippen LogP contribution in [0.2, 0.25) is 0 Å². The largest absolute Gasteiger partial charge is 0.480 e. The lowest BCUT2D eigenvalue weighted by Crippen LogP contribution is -2.55. The zero-order valence-corrected chi connectivity index (χ0v) is 16.8. The second kappa shape index (κ2) is 12.5. The summed E-state index contributed by atoms with van der Waals surface area (Å²) < 4.78 is 0. The molecule has 0 aliphatic heterocycles. The third kappa shape index (κ3) is 9.59. The van der Waals surface area contributed by atoms with Crippen molar-refractivity contribution in [3.8, 4) is 0 Å². The van der Waals surface area contributed by atoms with Crippen LogP contribution < -0.4 is 21.7 Å². The second-order valence-electron chi connectivity index (χ2n) is 6.45. The molecular formula is C16H30N4O6S. The Morgan fingerprint density at radius 1 is 1.07 bits per heavy atom. The molecule has 10 nitrogen and oxygen atoms in total. The standard InChI is InChI=1S/C16H30N4O6S/c1-8(2)13(16(25)26)20-14(23)10(5-6-27-4)19-11(22)7-18-15(24)12(17)9(3)21/h8-10,12-13,21H,5-7,17H2,1-4H3,(H,18,24)(H,19,22)(H,20,23)(H,25,26). The van der Waals surface area contributed by atoms with Gasteiger partial charge in [-0.15, -0.1) is 0 Å². The molecule has 7 N–H and O–H groups in total. The summed E-state index contributed by atoms with van der Waals surface area (Å²) in [6, 6.07) is -3.18. The van der Waals surface area contributed by atoms with Gasteiger partial charge < -0.3 is 31.9 Å². The summed E-state index contributed by atoms with van der Waals surface area (Å²) in [5.41, 5.74) is 5.46. The first-order chi connectivity index (χ1) is 12.5. The lowest BCUT2D eigenvalue weighted by atomic mass is 10.0. The Bertz CT molecular complexity index is 529. The number of nitrogens with one attached hydrogen (secondary N) is 3. The molecule has 0 saturated heterocycles. The molecule has 0 aromatic rings. The number of aliphatic hydroxyl groups is 1. The molecule has 156 valence electrons. The van der Waals surface area contributed by atoms with Crippen LogP contribution in [0.25, 0.3) is 0 Å². The van der Waals surface area contributed by atoms with Gasteiger partial charge in [0.2, 0.25) is 17.7 Å². The first-order valence-corrected chi connectivity index (χ1v) is 9.93. The summed E-state index contributed by atoms with van der Waals surface area (Å²) in [4.78, 5) is 47.3. The molecule has 0 aromatic heterocycles. The highest BCUT2D eigenvalue weighted by atomic mass is 32.2. The van der Waals surface area contributed by atoms with E-state index >= 15 is 0 Å². The minimum Gasteiger partial charge on any atom is -0.480 e. The van der Waals surface area contributed by atoms with Crippen molar-refractivity contribution in [3.05, 3.63) is 0 Å². The number of rotatable bonds is 12. The maximum atomic E-state index is 12.4. The number of nitrogens with two attached hydrogens (primary N) is 1. The fourth-order valence-electron chi connectivity index (χ4n) is 2.02. The van der Waals surface area contributed by atoms with Crippen LogP contribution in [0.3, 0.4) is 0 Å². The first kappa shape index (κ1) is 25.1. The number of hydrogen-bond donors (Lipinski definition) is 6. The van der Waals surface area contributed by atoms with E-state index in [1.807, 2.05) is 6.26 Å². The smallest absolute Gasteiger partial charge is 0.326 e. The molecule has 3 amide bonds. The van der Waals surface area contributed by atoms with Crippen LogP contribution in [-0.2, 0) is 19.2 Å². The van der Waals surface area contributed by atoms with E-state index in [0.717, 1.165) is 0 Å². The molecule has 0 fully saturated rings. The van der Waals surface area contributed by atoms with Crippen molar-refractivity contribution in [2.45, 2.75) is 51.4 Å². The third-order valence-corrected chi connectivity index (χ3v) is 4.38. The number of carbonyl (C=O) groups is 4. The Morgan fingerprint density at radius 3 is 2.11 bits per heavy atom. The molecular weight excluding hydrogens is 376 g/mol. The maximum absolute atomic E-state index is 12.4. The normalized spacial score (nSPS) is 15.4. The number of carboxylic acid groups (broad SMARTS) is 1. The van der Waals surface area contributed by atoms with Gasteiger partial charge in [0.15, 0.2) is 0 Å². The van der Waals surface area contributed by atoms with Gasteiger partial charge in [-0.25, -0.2) is 4.79 Å². The molecule has 0 aromatic carbocycles. The summed E-state index contributed by atoms with van der Waals surface area (Å²) in [5.74, 6) is -2.85. The van der Waals surface area contributed by atoms with Gasteiger partial charge >= 0.3 is 5.97 Å². The topological polar surface area (TPSA) is 171 Å². The van der Waals surface area contributed by atoms with E-state index in [4.69, 9.17) is 5.73 Å². The van der Waals surface area contributed by atoms with Crippen LogP contribution in [0.1, 0.15) is 27.2 Å². The average molecular weight is 407 g/mol. The van der Waals surface area contributed by atoms with E-state index in [-0.39, 0.29) is 5.92 Å². The van der Waals surface area contributed by atoms with Crippen molar-refractivity contribution in [2.24, 2.45) is 11.7 Å². The van der Waals surface area contributed by atoms with Gasteiger partial charge in [-0.05, 0) is 31.3 Å². The number of carbonyl (C=O) groups excluding carboxylic acids is 3. The molecule has 0 radical (unpaired) electrons. The highest BCUT2D eigenvalue weighted by molar-refractivity contribution is 7.98. The van der Waals surface area contributed by atoms with E-state index < -0.39 is 54.5 Å². The minimum atomic E-state index is -1.17. The SMILES string of the molecule is CSCCC(NC(=O)CNC(=O)C(N)C(C)O)C(=O)NC(C(=O)O)C(C)C. The third-order valence-electron chi connectivity index (χ3n) is 3.74. The van der Waals surface area contributed by atoms with Crippen LogP contribution in [-0.4, -0.2) is 76.7 Å². The summed E-state index contributed by atoms with van der Waals surface area (Å²) in [7, 11) is 0. The van der Waals surface area contributed by atoms with Gasteiger partial charge in [0.25, 0.3) is 0 Å². The highest BCUT2D eigenvalue weighted by Gasteiger charge is 2.28. The molecule has 11 heteroatoms. The van der Waals surface area contributed by atoms with Crippen LogP contribution in [0.5, 0.6) is 0 Å². The van der Waals surface area contributed by atoms with Crippen LogP contribution >= 0.6 is 11.8 Å². The van der Waals surface area contributed by atoms with Gasteiger partial charge in [0.05, 0.1) is 12.6 Å². The van der Waals surface area contributed by atoms with Crippen molar-refractivity contribution >= 4 is 35.5 Å². The molecule has 0 rings (SSSR count). The Morgan fingerprint density at radius 2 is 1.67 bits per heavy atom. The van der Waals surface area contributed by atoms with E-state index in [0.29, 0.717) is 12.2 Å². The fraction of sp³-hybridized carbons (Fsp3) is 0.750. The van der Waals surface area contributed by atoms with Gasteiger partial charge in [-0.2, -0.15) is 11.8 Å². The van der Waals surface area contributed by atoms with Crippen LogP contribution in [0.15, 0.2) is 0 Å². The van der Waals surface area contributed by atoms with Gasteiger partial charge in [-0.3, -0.25) is 14.4 Å². The number of carboxylic acids is 1. The van der Waals surface area contributed by atoms with E-state index in [1.54, 1.807) is 13.8 Å². The molecule has 4 unspecified atom stereocenters. The number of aliphatic hydroxyl groups excluding tert-OH is 1. The zero-order valence-electron chi connectivity index (χ0n) is 16.0. The Labute approximate surface area is 163 Å². The van der Waals surface area contributed by atoms with E-state index in [1.165, 1.54) is 18.7 Å². The van der Waals surface area contributed by atoms with E-state index in [9.17, 15) is 29.4 Å². The summed E-state index contributed by atoms with van der Waals surface area (Å²) in [5, 5.41) is 25.6. The van der Waals surface area contributed by atoms with Crippen molar-refractivity contribution in [2.75, 3.05) is 18.6 Å². The molecule has 4 atom stereocenters. The maximum Gasteiger partial charge on any atom is 0.326 e. The van der Waals surface area contributed by atoms with Crippen molar-refractivity contribution < 1.29 is 29.4 Å². The molecule has 0 aliphatic carbocycles. The summed E-state index contributed by atoms with van der Waals surface area (Å²) in [6.45, 7) is 4.25. The second-order valence-corrected chi connectivity index (χ2v) is 7.44. The molecule has 0 bridgehead atoms. The van der Waals surface area contributed by atoms with E-state index in [2.05, 4.69) is 16.0 Å². The number of thioether (sulfide) groups is 1.